The van der Waals surface area contributed by atoms with E-state index in [4.69, 9.17) is 0 Å². The second kappa shape index (κ2) is 7.36. The van der Waals surface area contributed by atoms with Gasteiger partial charge in [-0.05, 0) is 55.0 Å². The SMILES string of the molecule is CSc1ccc(C2c3[nH]c4ccccc4c3CCN2C(=O)c2cc(C)n(C)n2)cc1. The number of aryl methyl sites for hydroxylation is 2. The summed E-state index contributed by atoms with van der Waals surface area (Å²) >= 11 is 1.72. The zero-order valence-electron chi connectivity index (χ0n) is 17.3. The van der Waals surface area contributed by atoms with Crippen molar-refractivity contribution in [2.24, 2.45) is 7.05 Å². The summed E-state index contributed by atoms with van der Waals surface area (Å²) in [6.07, 6.45) is 2.90. The van der Waals surface area contributed by atoms with Gasteiger partial charge in [-0.15, -0.1) is 11.8 Å². The molecule has 1 aliphatic rings. The van der Waals surface area contributed by atoms with Gasteiger partial charge in [0.1, 0.15) is 0 Å². The van der Waals surface area contributed by atoms with Crippen LogP contribution in [-0.2, 0) is 13.5 Å². The number of aromatic nitrogens is 3. The molecule has 0 bridgehead atoms. The predicted molar refractivity (Wildman–Crippen MR) is 121 cm³/mol. The van der Waals surface area contributed by atoms with Crippen LogP contribution in [0.1, 0.15) is 39.0 Å². The van der Waals surface area contributed by atoms with Crippen molar-refractivity contribution in [1.82, 2.24) is 19.7 Å². The maximum Gasteiger partial charge on any atom is 0.275 e. The lowest BCUT2D eigenvalue weighted by Gasteiger charge is -2.36. The van der Waals surface area contributed by atoms with Crippen molar-refractivity contribution in [3.8, 4) is 0 Å². The number of thioether (sulfide) groups is 1. The fourth-order valence-electron chi connectivity index (χ4n) is 4.40. The molecule has 5 nitrogen and oxygen atoms in total. The van der Waals surface area contributed by atoms with E-state index >= 15 is 0 Å². The van der Waals surface area contributed by atoms with Crippen LogP contribution in [0, 0.1) is 6.92 Å². The van der Waals surface area contributed by atoms with Crippen LogP contribution in [0.15, 0.2) is 59.5 Å². The van der Waals surface area contributed by atoms with E-state index in [-0.39, 0.29) is 11.9 Å². The summed E-state index contributed by atoms with van der Waals surface area (Å²) in [4.78, 5) is 20.3. The summed E-state index contributed by atoms with van der Waals surface area (Å²) < 4.78 is 1.76. The van der Waals surface area contributed by atoms with Crippen LogP contribution in [0.3, 0.4) is 0 Å². The highest BCUT2D eigenvalue weighted by molar-refractivity contribution is 7.98. The van der Waals surface area contributed by atoms with E-state index in [2.05, 4.69) is 58.8 Å². The molecule has 1 unspecified atom stereocenters. The molecule has 0 radical (unpaired) electrons. The third-order valence-electron chi connectivity index (χ3n) is 6.06. The molecular formula is C24H24N4OS. The normalized spacial score (nSPS) is 16.1. The molecule has 4 aromatic rings. The van der Waals surface area contributed by atoms with Gasteiger partial charge in [-0.2, -0.15) is 5.10 Å². The maximum atomic E-state index is 13.5. The number of fused-ring (bicyclic) bond motifs is 3. The molecule has 0 spiro atoms. The first kappa shape index (κ1) is 19.0. The number of nitrogens with zero attached hydrogens (tertiary/aromatic N) is 3. The molecule has 1 aliphatic heterocycles. The van der Waals surface area contributed by atoms with Gasteiger partial charge >= 0.3 is 0 Å². The molecule has 3 heterocycles. The van der Waals surface area contributed by atoms with Crippen molar-refractivity contribution in [3.05, 3.63) is 82.8 Å². The lowest BCUT2D eigenvalue weighted by atomic mass is 9.92. The van der Waals surface area contributed by atoms with Gasteiger partial charge in [-0.25, -0.2) is 0 Å². The summed E-state index contributed by atoms with van der Waals surface area (Å²) in [6, 6.07) is 18.6. The Balaban J connectivity index is 1.65. The van der Waals surface area contributed by atoms with Gasteiger partial charge in [0.15, 0.2) is 5.69 Å². The molecular weight excluding hydrogens is 392 g/mol. The fourth-order valence-corrected chi connectivity index (χ4v) is 4.81. The van der Waals surface area contributed by atoms with E-state index in [9.17, 15) is 4.79 Å². The highest BCUT2D eigenvalue weighted by Crippen LogP contribution is 2.39. The predicted octanol–water partition coefficient (Wildman–Crippen LogP) is 4.72. The van der Waals surface area contributed by atoms with E-state index in [0.717, 1.165) is 28.9 Å². The number of rotatable bonds is 3. The Morgan fingerprint density at radius 1 is 1.17 bits per heavy atom. The molecule has 0 saturated heterocycles. The van der Waals surface area contributed by atoms with Crippen LogP contribution >= 0.6 is 11.8 Å². The minimum Gasteiger partial charge on any atom is -0.356 e. The van der Waals surface area contributed by atoms with Gasteiger partial charge in [-0.3, -0.25) is 9.48 Å². The third kappa shape index (κ3) is 3.03. The number of H-pyrrole nitrogens is 1. The van der Waals surface area contributed by atoms with Gasteiger partial charge in [0.25, 0.3) is 5.91 Å². The average Bonchev–Trinajstić information content (AvgIpc) is 3.32. The Kier molecular flexibility index (Phi) is 4.66. The van der Waals surface area contributed by atoms with Gasteiger partial charge in [0.2, 0.25) is 0 Å². The summed E-state index contributed by atoms with van der Waals surface area (Å²) in [7, 11) is 1.87. The van der Waals surface area contributed by atoms with Crippen LogP contribution in [0.2, 0.25) is 0 Å². The van der Waals surface area contributed by atoms with Crippen LogP contribution in [-0.4, -0.2) is 38.4 Å². The topological polar surface area (TPSA) is 53.9 Å². The van der Waals surface area contributed by atoms with Crippen LogP contribution in [0.5, 0.6) is 0 Å². The number of carbonyl (C=O) groups is 1. The van der Waals surface area contributed by atoms with E-state index in [1.165, 1.54) is 15.8 Å². The van der Waals surface area contributed by atoms with E-state index in [1.54, 1.807) is 16.4 Å². The molecule has 2 aromatic heterocycles. The first-order chi connectivity index (χ1) is 14.6. The lowest BCUT2D eigenvalue weighted by Crippen LogP contribution is -2.40. The number of aromatic amines is 1. The highest BCUT2D eigenvalue weighted by atomic mass is 32.2. The van der Waals surface area contributed by atoms with Crippen LogP contribution < -0.4 is 0 Å². The standard InChI is InChI=1S/C24H24N4OS/c1-15-14-21(26-27(15)2)24(29)28-13-12-19-18-6-4-5-7-20(18)25-22(19)23(28)16-8-10-17(30-3)11-9-16/h4-11,14,23,25H,12-13H2,1-3H3. The Labute approximate surface area is 180 Å². The molecule has 152 valence electrons. The lowest BCUT2D eigenvalue weighted by molar-refractivity contribution is 0.0685. The highest BCUT2D eigenvalue weighted by Gasteiger charge is 2.35. The van der Waals surface area contributed by atoms with Crippen molar-refractivity contribution in [3.63, 3.8) is 0 Å². The monoisotopic (exact) mass is 416 g/mol. The fraction of sp³-hybridized carbons (Fsp3) is 0.250. The number of amides is 1. The number of hydrogen-bond acceptors (Lipinski definition) is 3. The number of hydrogen-bond donors (Lipinski definition) is 1. The van der Waals surface area contributed by atoms with Crippen molar-refractivity contribution in [2.75, 3.05) is 12.8 Å². The molecule has 5 rings (SSSR count). The molecule has 1 amide bonds. The molecule has 2 aromatic carbocycles. The second-order valence-electron chi connectivity index (χ2n) is 7.78. The Hall–Kier alpha value is -2.99. The molecule has 6 heteroatoms. The molecule has 30 heavy (non-hydrogen) atoms. The first-order valence-corrected chi connectivity index (χ1v) is 11.3. The van der Waals surface area contributed by atoms with Crippen molar-refractivity contribution in [1.29, 1.82) is 0 Å². The van der Waals surface area contributed by atoms with E-state index < -0.39 is 0 Å². The minimum atomic E-state index is -0.160. The molecule has 0 saturated carbocycles. The van der Waals surface area contributed by atoms with Crippen LogP contribution in [0.25, 0.3) is 10.9 Å². The molecule has 1 atom stereocenters. The van der Waals surface area contributed by atoms with Gasteiger partial charge in [0, 0.05) is 40.8 Å². The molecule has 0 aliphatic carbocycles. The molecule has 1 N–H and O–H groups in total. The van der Waals surface area contributed by atoms with Crippen molar-refractivity contribution < 1.29 is 4.79 Å². The number of nitrogens with one attached hydrogen (secondary N) is 1. The Morgan fingerprint density at radius 3 is 2.63 bits per heavy atom. The zero-order chi connectivity index (χ0) is 20.8. The Morgan fingerprint density at radius 2 is 1.93 bits per heavy atom. The second-order valence-corrected chi connectivity index (χ2v) is 8.66. The number of carbonyl (C=O) groups excluding carboxylic acids is 1. The number of para-hydroxylation sites is 1. The van der Waals surface area contributed by atoms with Gasteiger partial charge in [-0.1, -0.05) is 30.3 Å². The van der Waals surface area contributed by atoms with Gasteiger partial charge < -0.3 is 9.88 Å². The Bertz CT molecular complexity index is 1220. The van der Waals surface area contributed by atoms with E-state index in [1.807, 2.05) is 31.0 Å². The number of benzene rings is 2. The summed E-state index contributed by atoms with van der Waals surface area (Å²) in [5.41, 5.74) is 6.13. The van der Waals surface area contributed by atoms with Crippen LogP contribution in [0.4, 0.5) is 0 Å². The van der Waals surface area contributed by atoms with Crippen molar-refractivity contribution in [2.45, 2.75) is 24.3 Å². The smallest absolute Gasteiger partial charge is 0.275 e. The maximum absolute atomic E-state index is 13.5. The largest absolute Gasteiger partial charge is 0.356 e. The van der Waals surface area contributed by atoms with Crippen molar-refractivity contribution >= 4 is 28.6 Å². The van der Waals surface area contributed by atoms with Gasteiger partial charge in [0.05, 0.1) is 6.04 Å². The zero-order valence-corrected chi connectivity index (χ0v) is 18.2. The molecule has 0 fully saturated rings. The average molecular weight is 417 g/mol. The van der Waals surface area contributed by atoms with E-state index in [0.29, 0.717) is 12.2 Å². The summed E-state index contributed by atoms with van der Waals surface area (Å²) in [5.74, 6) is -0.0260. The summed E-state index contributed by atoms with van der Waals surface area (Å²) in [6.45, 7) is 2.63. The first-order valence-electron chi connectivity index (χ1n) is 10.1. The quantitative estimate of drug-likeness (QED) is 0.492. The third-order valence-corrected chi connectivity index (χ3v) is 6.80. The minimum absolute atomic E-state index is 0.0260. The summed E-state index contributed by atoms with van der Waals surface area (Å²) in [5, 5.41) is 5.70.